The molecular formula is C19H27N3O2. The molecule has 5 nitrogen and oxygen atoms in total. The smallest absolute Gasteiger partial charge is 0.321 e. The molecule has 1 N–H and O–H groups in total. The number of benzene rings is 1. The van der Waals surface area contributed by atoms with Crippen LogP contribution in [0.4, 0.5) is 10.5 Å². The van der Waals surface area contributed by atoms with E-state index < -0.39 is 0 Å². The molecule has 0 aromatic heterocycles. The van der Waals surface area contributed by atoms with E-state index in [4.69, 9.17) is 0 Å². The molecule has 1 fully saturated rings. The summed E-state index contributed by atoms with van der Waals surface area (Å²) in [6.45, 7) is 1.29. The molecule has 0 bridgehead atoms. The number of likely N-dealkylation sites (tertiary alicyclic amines) is 1. The number of anilines is 1. The Hall–Kier alpha value is -2.04. The van der Waals surface area contributed by atoms with Gasteiger partial charge in [0, 0.05) is 38.8 Å². The van der Waals surface area contributed by atoms with E-state index in [0.29, 0.717) is 13.1 Å². The molecule has 1 aliphatic carbocycles. The number of carbonyl (C=O) groups is 2. The van der Waals surface area contributed by atoms with Crippen molar-refractivity contribution in [3.63, 3.8) is 0 Å². The van der Waals surface area contributed by atoms with E-state index in [0.717, 1.165) is 31.4 Å². The number of aryl methyl sites for hydroxylation is 1. The minimum absolute atomic E-state index is 0.0373. The zero-order chi connectivity index (χ0) is 17.1. The molecule has 2 aliphatic rings. The van der Waals surface area contributed by atoms with Gasteiger partial charge in [-0.05, 0) is 55.7 Å². The molecule has 130 valence electrons. The van der Waals surface area contributed by atoms with Crippen LogP contribution in [0.3, 0.4) is 0 Å². The summed E-state index contributed by atoms with van der Waals surface area (Å²) in [6, 6.07) is 6.17. The maximum Gasteiger partial charge on any atom is 0.321 e. The molecule has 5 heteroatoms. The summed E-state index contributed by atoms with van der Waals surface area (Å²) < 4.78 is 0. The van der Waals surface area contributed by atoms with Gasteiger partial charge in [-0.2, -0.15) is 0 Å². The first kappa shape index (κ1) is 16.8. The van der Waals surface area contributed by atoms with E-state index in [2.05, 4.69) is 11.4 Å². The normalized spacial score (nSPS) is 18.0. The van der Waals surface area contributed by atoms with Gasteiger partial charge in [0.1, 0.15) is 0 Å². The van der Waals surface area contributed by atoms with Gasteiger partial charge in [0.15, 0.2) is 0 Å². The van der Waals surface area contributed by atoms with Gasteiger partial charge in [0.25, 0.3) is 0 Å². The Kier molecular flexibility index (Phi) is 5.07. The fraction of sp³-hybridized carbons (Fsp3) is 0.579. The van der Waals surface area contributed by atoms with E-state index >= 15 is 0 Å². The number of urea groups is 1. The number of hydrogen-bond acceptors (Lipinski definition) is 2. The molecule has 1 aromatic carbocycles. The number of carbonyl (C=O) groups excluding carboxylic acids is 2. The van der Waals surface area contributed by atoms with E-state index in [-0.39, 0.29) is 17.9 Å². The van der Waals surface area contributed by atoms with Crippen molar-refractivity contribution in [3.8, 4) is 0 Å². The maximum atomic E-state index is 12.6. The van der Waals surface area contributed by atoms with Crippen molar-refractivity contribution in [1.82, 2.24) is 9.80 Å². The van der Waals surface area contributed by atoms with Crippen LogP contribution in [0.15, 0.2) is 18.2 Å². The van der Waals surface area contributed by atoms with Crippen molar-refractivity contribution in [2.24, 2.45) is 5.92 Å². The molecule has 1 saturated heterocycles. The third-order valence-electron chi connectivity index (χ3n) is 5.21. The van der Waals surface area contributed by atoms with Gasteiger partial charge in [-0.25, -0.2) is 4.79 Å². The highest BCUT2D eigenvalue weighted by Crippen LogP contribution is 2.28. The second kappa shape index (κ2) is 7.24. The van der Waals surface area contributed by atoms with Crippen LogP contribution >= 0.6 is 0 Å². The molecule has 0 unspecified atom stereocenters. The van der Waals surface area contributed by atoms with Gasteiger partial charge in [0.2, 0.25) is 5.91 Å². The Bertz CT molecular complexity index is 619. The molecule has 0 atom stereocenters. The minimum atomic E-state index is -0.0373. The second-order valence-corrected chi connectivity index (χ2v) is 7.07. The largest absolute Gasteiger partial charge is 0.349 e. The minimum Gasteiger partial charge on any atom is -0.349 e. The fourth-order valence-electron chi connectivity index (χ4n) is 3.79. The van der Waals surface area contributed by atoms with Gasteiger partial charge < -0.3 is 15.1 Å². The average Bonchev–Trinajstić information content (AvgIpc) is 2.61. The molecule has 1 aromatic rings. The summed E-state index contributed by atoms with van der Waals surface area (Å²) in [5, 5.41) is 3.10. The summed E-state index contributed by atoms with van der Waals surface area (Å²) in [5.74, 6) is 0.223. The van der Waals surface area contributed by atoms with Crippen molar-refractivity contribution in [3.05, 3.63) is 29.3 Å². The molecule has 0 spiro atoms. The van der Waals surface area contributed by atoms with Crippen LogP contribution in [0.1, 0.15) is 36.8 Å². The Morgan fingerprint density at radius 2 is 1.83 bits per heavy atom. The summed E-state index contributed by atoms with van der Waals surface area (Å²) in [4.78, 5) is 28.1. The summed E-state index contributed by atoms with van der Waals surface area (Å²) >= 11 is 0. The quantitative estimate of drug-likeness (QED) is 0.907. The number of hydrogen-bond donors (Lipinski definition) is 1. The molecule has 0 saturated carbocycles. The zero-order valence-electron chi connectivity index (χ0n) is 14.7. The summed E-state index contributed by atoms with van der Waals surface area (Å²) in [6.07, 6.45) is 6.08. The Balaban J connectivity index is 1.60. The highest BCUT2D eigenvalue weighted by atomic mass is 16.2. The average molecular weight is 329 g/mol. The van der Waals surface area contributed by atoms with Gasteiger partial charge in [-0.1, -0.05) is 12.1 Å². The lowest BCUT2D eigenvalue weighted by Gasteiger charge is -2.32. The van der Waals surface area contributed by atoms with Crippen LogP contribution in [0.2, 0.25) is 0 Å². The molecule has 0 radical (unpaired) electrons. The first-order valence-corrected chi connectivity index (χ1v) is 8.94. The predicted molar refractivity (Wildman–Crippen MR) is 95.1 cm³/mol. The number of rotatable bonds is 2. The first-order chi connectivity index (χ1) is 11.6. The van der Waals surface area contributed by atoms with Crippen LogP contribution in [-0.2, 0) is 17.6 Å². The van der Waals surface area contributed by atoms with Crippen LogP contribution in [0.25, 0.3) is 0 Å². The lowest BCUT2D eigenvalue weighted by atomic mass is 9.90. The monoisotopic (exact) mass is 329 g/mol. The molecule has 3 rings (SSSR count). The van der Waals surface area contributed by atoms with Crippen LogP contribution in [0.5, 0.6) is 0 Å². The first-order valence-electron chi connectivity index (χ1n) is 8.94. The lowest BCUT2D eigenvalue weighted by Crippen LogP contribution is -2.44. The van der Waals surface area contributed by atoms with Gasteiger partial charge in [-0.3, -0.25) is 4.79 Å². The zero-order valence-corrected chi connectivity index (χ0v) is 14.7. The van der Waals surface area contributed by atoms with Gasteiger partial charge in [0.05, 0.1) is 0 Å². The van der Waals surface area contributed by atoms with Gasteiger partial charge >= 0.3 is 6.03 Å². The number of nitrogens with zero attached hydrogens (tertiary/aromatic N) is 2. The van der Waals surface area contributed by atoms with Crippen LogP contribution in [-0.4, -0.2) is 48.9 Å². The Morgan fingerprint density at radius 1 is 1.12 bits per heavy atom. The predicted octanol–water partition coefficient (Wildman–Crippen LogP) is 2.90. The van der Waals surface area contributed by atoms with E-state index in [1.54, 1.807) is 19.0 Å². The van der Waals surface area contributed by atoms with Crippen molar-refractivity contribution in [1.29, 1.82) is 0 Å². The second-order valence-electron chi connectivity index (χ2n) is 7.07. The van der Waals surface area contributed by atoms with E-state index in [9.17, 15) is 9.59 Å². The third kappa shape index (κ3) is 3.55. The highest BCUT2D eigenvalue weighted by Gasteiger charge is 2.28. The highest BCUT2D eigenvalue weighted by molar-refractivity contribution is 5.90. The third-order valence-corrected chi connectivity index (χ3v) is 5.21. The van der Waals surface area contributed by atoms with Gasteiger partial charge in [-0.15, -0.1) is 0 Å². The number of fused-ring (bicyclic) bond motifs is 1. The topological polar surface area (TPSA) is 52.7 Å². The SMILES string of the molecule is CN(C)C(=O)C1CCN(C(=O)Nc2cccc3c2CCCC3)CC1. The summed E-state index contributed by atoms with van der Waals surface area (Å²) in [7, 11) is 3.58. The van der Waals surface area contributed by atoms with Crippen LogP contribution in [0, 0.1) is 5.92 Å². The molecule has 1 heterocycles. The number of piperidine rings is 1. The van der Waals surface area contributed by atoms with E-state index in [1.165, 1.54) is 24.0 Å². The molecule has 3 amide bonds. The fourth-order valence-corrected chi connectivity index (χ4v) is 3.79. The van der Waals surface area contributed by atoms with Crippen molar-refractivity contribution in [2.75, 3.05) is 32.5 Å². The Labute approximate surface area is 144 Å². The van der Waals surface area contributed by atoms with Crippen LogP contribution < -0.4 is 5.32 Å². The Morgan fingerprint density at radius 3 is 2.54 bits per heavy atom. The maximum absolute atomic E-state index is 12.6. The van der Waals surface area contributed by atoms with Crippen molar-refractivity contribution < 1.29 is 9.59 Å². The van der Waals surface area contributed by atoms with E-state index in [1.807, 2.05) is 17.0 Å². The summed E-state index contributed by atoms with van der Waals surface area (Å²) in [5.41, 5.74) is 3.63. The number of amides is 3. The lowest BCUT2D eigenvalue weighted by molar-refractivity contribution is -0.134. The van der Waals surface area contributed by atoms with Crippen molar-refractivity contribution >= 4 is 17.6 Å². The molecule has 24 heavy (non-hydrogen) atoms. The standard InChI is InChI=1S/C19H27N3O2/c1-21(2)18(23)15-10-12-22(13-11-15)19(24)20-17-9-5-7-14-6-3-4-8-16(14)17/h5,7,9,15H,3-4,6,8,10-13H2,1-2H3,(H,20,24). The molecular weight excluding hydrogens is 302 g/mol. The molecule has 1 aliphatic heterocycles. The van der Waals surface area contributed by atoms with Crippen molar-refractivity contribution in [2.45, 2.75) is 38.5 Å². The number of nitrogens with one attached hydrogen (secondary N) is 1.